The lowest BCUT2D eigenvalue weighted by molar-refractivity contribution is -0.130. The van der Waals surface area contributed by atoms with Crippen LogP contribution in [0, 0.1) is 0 Å². The average Bonchev–Trinajstić information content (AvgIpc) is 2.96. The molecule has 2 fully saturated rings. The van der Waals surface area contributed by atoms with Crippen molar-refractivity contribution in [1.82, 2.24) is 9.80 Å². The largest absolute Gasteiger partial charge is 0.444 e. The first-order valence-corrected chi connectivity index (χ1v) is 6.49. The summed E-state index contributed by atoms with van der Waals surface area (Å²) in [4.78, 5) is 37.9. The Balaban J connectivity index is 1.65. The van der Waals surface area contributed by atoms with E-state index in [2.05, 4.69) is 0 Å². The third-order valence-electron chi connectivity index (χ3n) is 3.57. The molecule has 2 saturated heterocycles. The van der Waals surface area contributed by atoms with E-state index in [1.807, 2.05) is 30.3 Å². The van der Waals surface area contributed by atoms with Crippen LogP contribution < -0.4 is 0 Å². The van der Waals surface area contributed by atoms with Gasteiger partial charge in [-0.05, 0) is 12.0 Å². The van der Waals surface area contributed by atoms with Crippen LogP contribution in [0.5, 0.6) is 0 Å². The van der Waals surface area contributed by atoms with Crippen LogP contribution >= 0.6 is 0 Å². The summed E-state index contributed by atoms with van der Waals surface area (Å²) in [6.45, 7) is 0.0913. The summed E-state index contributed by atoms with van der Waals surface area (Å²) in [6, 6.07) is 9.25. The zero-order valence-corrected chi connectivity index (χ0v) is 10.8. The first-order valence-electron chi connectivity index (χ1n) is 6.49. The second-order valence-corrected chi connectivity index (χ2v) is 4.84. The average molecular weight is 274 g/mol. The number of hydrogen-bond donors (Lipinski definition) is 0. The van der Waals surface area contributed by atoms with Crippen molar-refractivity contribution in [2.24, 2.45) is 0 Å². The number of hydrogen-bond acceptors (Lipinski definition) is 4. The molecular weight excluding hydrogens is 260 g/mol. The van der Waals surface area contributed by atoms with Gasteiger partial charge >= 0.3 is 6.09 Å². The maximum absolute atomic E-state index is 12.0. The molecule has 0 unspecified atom stereocenters. The molecule has 6 nitrogen and oxygen atoms in total. The number of fused-ring (bicyclic) bond motifs is 1. The SMILES string of the molecule is O=C1CC[C@@H]2N1CC(=O)N2C(=O)OCc1ccccc1. The zero-order valence-electron chi connectivity index (χ0n) is 10.8. The Hall–Kier alpha value is -2.37. The van der Waals surface area contributed by atoms with Gasteiger partial charge in [0.1, 0.15) is 19.3 Å². The quantitative estimate of drug-likeness (QED) is 0.810. The molecule has 0 N–H and O–H groups in total. The predicted octanol–water partition coefficient (Wildman–Crippen LogP) is 1.11. The Morgan fingerprint density at radius 1 is 1.20 bits per heavy atom. The van der Waals surface area contributed by atoms with Crippen LogP contribution in [0.1, 0.15) is 18.4 Å². The van der Waals surface area contributed by atoms with Crippen LogP contribution in [0.25, 0.3) is 0 Å². The van der Waals surface area contributed by atoms with Crippen molar-refractivity contribution in [2.45, 2.75) is 25.6 Å². The minimum atomic E-state index is -0.680. The van der Waals surface area contributed by atoms with E-state index in [4.69, 9.17) is 4.74 Å². The zero-order chi connectivity index (χ0) is 14.1. The number of benzene rings is 1. The van der Waals surface area contributed by atoms with E-state index in [1.54, 1.807) is 0 Å². The van der Waals surface area contributed by atoms with Crippen molar-refractivity contribution >= 4 is 17.9 Å². The van der Waals surface area contributed by atoms with Gasteiger partial charge in [-0.25, -0.2) is 9.69 Å². The summed E-state index contributed by atoms with van der Waals surface area (Å²) in [6.07, 6.45) is -0.273. The van der Waals surface area contributed by atoms with E-state index in [-0.39, 0.29) is 25.0 Å². The lowest BCUT2D eigenvalue weighted by Crippen LogP contribution is -2.41. The van der Waals surface area contributed by atoms with Crippen LogP contribution in [0.3, 0.4) is 0 Å². The molecule has 6 heteroatoms. The van der Waals surface area contributed by atoms with Gasteiger partial charge in [0.2, 0.25) is 5.91 Å². The summed E-state index contributed by atoms with van der Waals surface area (Å²) >= 11 is 0. The molecule has 1 aromatic carbocycles. The number of nitrogens with zero attached hydrogens (tertiary/aromatic N) is 2. The van der Waals surface area contributed by atoms with Gasteiger partial charge in [-0.3, -0.25) is 9.59 Å². The smallest absolute Gasteiger partial charge is 0.418 e. The molecule has 1 atom stereocenters. The van der Waals surface area contributed by atoms with Gasteiger partial charge in [0.25, 0.3) is 5.91 Å². The highest BCUT2D eigenvalue weighted by Gasteiger charge is 2.48. The minimum Gasteiger partial charge on any atom is -0.444 e. The van der Waals surface area contributed by atoms with Crippen LogP contribution in [0.4, 0.5) is 4.79 Å². The van der Waals surface area contributed by atoms with E-state index in [0.29, 0.717) is 12.8 Å². The fraction of sp³-hybridized carbons (Fsp3) is 0.357. The molecule has 3 rings (SSSR count). The lowest BCUT2D eigenvalue weighted by Gasteiger charge is -2.21. The lowest BCUT2D eigenvalue weighted by atomic mass is 10.2. The van der Waals surface area contributed by atoms with Crippen LogP contribution in [-0.2, 0) is 20.9 Å². The van der Waals surface area contributed by atoms with E-state index in [1.165, 1.54) is 4.90 Å². The summed E-state index contributed by atoms with van der Waals surface area (Å²) in [7, 11) is 0. The summed E-state index contributed by atoms with van der Waals surface area (Å²) in [5.41, 5.74) is 0.854. The Kier molecular flexibility index (Phi) is 3.14. The molecule has 2 aliphatic heterocycles. The molecule has 20 heavy (non-hydrogen) atoms. The Morgan fingerprint density at radius 3 is 2.70 bits per heavy atom. The third-order valence-corrected chi connectivity index (χ3v) is 3.57. The van der Waals surface area contributed by atoms with E-state index in [0.717, 1.165) is 10.5 Å². The summed E-state index contributed by atoms with van der Waals surface area (Å²) in [5.74, 6) is -0.456. The van der Waals surface area contributed by atoms with Crippen LogP contribution in [0.2, 0.25) is 0 Å². The van der Waals surface area contributed by atoms with Crippen molar-refractivity contribution in [2.75, 3.05) is 6.54 Å². The normalized spacial score (nSPS) is 21.3. The molecule has 2 heterocycles. The molecule has 0 spiro atoms. The topological polar surface area (TPSA) is 66.9 Å². The standard InChI is InChI=1S/C14H14N2O4/c17-12-7-6-11-15(12)8-13(18)16(11)14(19)20-9-10-4-2-1-3-5-10/h1-5,11H,6-9H2/t11-/m1/s1. The van der Waals surface area contributed by atoms with Gasteiger partial charge < -0.3 is 9.64 Å². The maximum Gasteiger partial charge on any atom is 0.418 e. The maximum atomic E-state index is 12.0. The van der Waals surface area contributed by atoms with Gasteiger partial charge in [-0.15, -0.1) is 0 Å². The van der Waals surface area contributed by atoms with E-state index >= 15 is 0 Å². The minimum absolute atomic E-state index is 0.0239. The Bertz CT molecular complexity index is 558. The molecular formula is C14H14N2O4. The molecule has 0 saturated carbocycles. The van der Waals surface area contributed by atoms with E-state index in [9.17, 15) is 14.4 Å². The van der Waals surface area contributed by atoms with Crippen molar-refractivity contribution in [3.8, 4) is 0 Å². The third kappa shape index (κ3) is 2.13. The highest BCUT2D eigenvalue weighted by atomic mass is 16.6. The Labute approximate surface area is 115 Å². The number of carbonyl (C=O) groups is 3. The molecule has 0 aliphatic carbocycles. The number of ether oxygens (including phenoxy) is 1. The monoisotopic (exact) mass is 274 g/mol. The van der Waals surface area contributed by atoms with Crippen LogP contribution in [-0.4, -0.2) is 40.4 Å². The fourth-order valence-electron chi connectivity index (χ4n) is 2.58. The number of amides is 3. The van der Waals surface area contributed by atoms with Crippen LogP contribution in [0.15, 0.2) is 30.3 Å². The molecule has 0 bridgehead atoms. The predicted molar refractivity (Wildman–Crippen MR) is 68.2 cm³/mol. The van der Waals surface area contributed by atoms with Gasteiger partial charge in [-0.2, -0.15) is 0 Å². The second kappa shape index (κ2) is 4.96. The number of imide groups is 1. The van der Waals surface area contributed by atoms with Gasteiger partial charge in [0.15, 0.2) is 0 Å². The second-order valence-electron chi connectivity index (χ2n) is 4.84. The van der Waals surface area contributed by atoms with Crippen molar-refractivity contribution < 1.29 is 19.1 Å². The van der Waals surface area contributed by atoms with Gasteiger partial charge in [0.05, 0.1) is 0 Å². The summed E-state index contributed by atoms with van der Waals surface area (Å²) < 4.78 is 5.15. The Morgan fingerprint density at radius 2 is 1.95 bits per heavy atom. The number of carbonyl (C=O) groups excluding carboxylic acids is 3. The van der Waals surface area contributed by atoms with Crippen molar-refractivity contribution in [3.05, 3.63) is 35.9 Å². The van der Waals surface area contributed by atoms with Gasteiger partial charge in [0, 0.05) is 6.42 Å². The van der Waals surface area contributed by atoms with Crippen molar-refractivity contribution in [3.63, 3.8) is 0 Å². The highest BCUT2D eigenvalue weighted by molar-refractivity contribution is 5.99. The van der Waals surface area contributed by atoms with Gasteiger partial charge in [-0.1, -0.05) is 30.3 Å². The molecule has 3 amide bonds. The summed E-state index contributed by atoms with van der Waals surface area (Å²) in [5, 5.41) is 0. The molecule has 104 valence electrons. The number of rotatable bonds is 2. The first-order chi connectivity index (χ1) is 9.66. The highest BCUT2D eigenvalue weighted by Crippen LogP contribution is 2.28. The fourth-order valence-corrected chi connectivity index (χ4v) is 2.58. The molecule has 1 aromatic rings. The van der Waals surface area contributed by atoms with E-state index < -0.39 is 12.3 Å². The van der Waals surface area contributed by atoms with Crippen molar-refractivity contribution in [1.29, 1.82) is 0 Å². The molecule has 0 aromatic heterocycles. The first kappa shape index (κ1) is 12.7. The molecule has 0 radical (unpaired) electrons. The molecule has 2 aliphatic rings.